The maximum absolute atomic E-state index is 12.8. The number of hydrogen-bond acceptors (Lipinski definition) is 10. The molecule has 106 heavy (non-hydrogen) atoms. The molecule has 2 aromatic rings. The van der Waals surface area contributed by atoms with E-state index in [1.54, 1.807) is 0 Å². The van der Waals surface area contributed by atoms with Gasteiger partial charge in [0.25, 0.3) is 0 Å². The van der Waals surface area contributed by atoms with Crippen LogP contribution in [0.2, 0.25) is 0 Å². The highest BCUT2D eigenvalue weighted by molar-refractivity contribution is 5.79. The summed E-state index contributed by atoms with van der Waals surface area (Å²) in [4.78, 5) is 61.7. The molecular weight excluding hydrogens is 1310 g/mol. The zero-order valence-electron chi connectivity index (χ0n) is 76.7. The van der Waals surface area contributed by atoms with E-state index in [-0.39, 0.29) is 80.6 Å². The van der Waals surface area contributed by atoms with Gasteiger partial charge in [-0.2, -0.15) is 0 Å². The van der Waals surface area contributed by atoms with Crippen molar-refractivity contribution in [2.75, 3.05) is 0 Å². The predicted molar refractivity (Wildman–Crippen MR) is 449 cm³/mol. The Bertz CT molecular complexity index is 2910. The van der Waals surface area contributed by atoms with Crippen LogP contribution in [0.25, 0.3) is 0 Å². The van der Waals surface area contributed by atoms with Gasteiger partial charge in [0.2, 0.25) is 0 Å². The first kappa shape index (κ1) is 99.8. The van der Waals surface area contributed by atoms with Gasteiger partial charge in [0.1, 0.15) is 30.7 Å². The van der Waals surface area contributed by atoms with E-state index in [4.69, 9.17) is 23.7 Å². The quantitative estimate of drug-likeness (QED) is 0.0676. The van der Waals surface area contributed by atoms with Crippen LogP contribution in [-0.2, 0) is 65.8 Å². The van der Waals surface area contributed by atoms with E-state index in [1.807, 2.05) is 114 Å². The summed E-state index contributed by atoms with van der Waals surface area (Å²) >= 11 is 0. The summed E-state index contributed by atoms with van der Waals surface area (Å²) in [7, 11) is 0. The molecule has 5 rings (SSSR count). The van der Waals surface area contributed by atoms with Gasteiger partial charge in [0, 0.05) is 0 Å². The zero-order chi connectivity index (χ0) is 82.9. The largest absolute Gasteiger partial charge is 0.462 e. The number of carbonyl (C=O) groups is 5. The highest BCUT2D eigenvalue weighted by Crippen LogP contribution is 2.51. The van der Waals surface area contributed by atoms with Crippen molar-refractivity contribution in [3.63, 3.8) is 0 Å². The zero-order valence-corrected chi connectivity index (χ0v) is 76.7. The normalized spacial score (nSPS) is 21.7. The summed E-state index contributed by atoms with van der Waals surface area (Å²) < 4.78 is 29.1. The van der Waals surface area contributed by atoms with Crippen LogP contribution in [0.3, 0.4) is 0 Å². The minimum Gasteiger partial charge on any atom is -0.462 e. The van der Waals surface area contributed by atoms with Crippen LogP contribution < -0.4 is 4.74 Å². The summed E-state index contributed by atoms with van der Waals surface area (Å²) in [6.07, 6.45) is 14.8. The van der Waals surface area contributed by atoms with Crippen molar-refractivity contribution in [1.82, 2.24) is 0 Å². The molecule has 4 unspecified atom stereocenters. The van der Waals surface area contributed by atoms with Crippen LogP contribution in [0.15, 0.2) is 42.5 Å². The van der Waals surface area contributed by atoms with Crippen LogP contribution in [-0.4, -0.2) is 48.2 Å². The fraction of sp³-hybridized carbons (Fsp3) is 0.823. The molecule has 3 aliphatic carbocycles. The van der Waals surface area contributed by atoms with Gasteiger partial charge in [0.05, 0.1) is 27.1 Å². The lowest BCUT2D eigenvalue weighted by Gasteiger charge is -2.49. The van der Waals surface area contributed by atoms with Crippen molar-refractivity contribution in [2.45, 2.75) is 408 Å². The number of carbonyl (C=O) groups excluding carboxylic acids is 5. The average Bonchev–Trinajstić information content (AvgIpc) is 0.805. The summed E-state index contributed by atoms with van der Waals surface area (Å²) in [6.45, 7) is 86.9. The average molecular weight is 1480 g/mol. The minimum atomic E-state index is -0.459. The Kier molecular flexibility index (Phi) is 38.0. The Hall–Kier alpha value is -4.21. The first-order valence-electron chi connectivity index (χ1n) is 42.1. The standard InChI is InChI=1S/C22H42O2.C20H32O2.C19H36O2.C18H34O2.C17H26O2/c1-11-22(9,10)20(23)24-19-17(14(2)3)12-16(21(6,7)8)13-18(19)15(4)5;1-10-20(8,9)17(21)22-16-12-14(18(2,3)4)11-15(13-16)19(5,6)7;1-9-18(5,6)16(20)21-15-12-10-14(11-13-15)19(7,8)17(2,3)4;1-8-18(6,7)17(19)20-16-14(12(2)3)10-9-11-15(16)13(4)5;1-7-17(5,6)15(18)19-12-13-8-10-14(11-9-13)16(2,3)4/h14-19H,11-13H2,1-10H3;11-13H,10H2,1-9H3;14-15H,9-13H2,1-8H3;12-16H,8-11H2,1-7H3;8-11H,7,12H2,1-6H3. The third-order valence-corrected chi connectivity index (χ3v) is 26.1. The molecular formula is C96H170O10. The van der Waals surface area contributed by atoms with E-state index >= 15 is 0 Å². The molecule has 614 valence electrons. The highest BCUT2D eigenvalue weighted by atomic mass is 16.6. The Labute approximate surface area is 655 Å². The monoisotopic (exact) mass is 1480 g/mol. The van der Waals surface area contributed by atoms with Gasteiger partial charge in [-0.15, -0.1) is 0 Å². The molecule has 0 radical (unpaired) electrons. The SMILES string of the molecule is CCC(C)(C)C(=O)OC1C(C(C)C)CC(C(C)(C)C)CC1C(C)C.CCC(C)(C)C(=O)OC1C(C(C)C)CCCC1C(C)C.CCC(C)(C)C(=O)OC1CCC(C(C)(C)C(C)(C)C)CC1.CCC(C)(C)C(=O)OCc1ccc(C(C)(C)C)cc1.CCC(C)(C)C(=O)Oc1cc(C(C)(C)C)cc(C(C)(C)C)c1. The molecule has 0 N–H and O–H groups in total. The fourth-order valence-corrected chi connectivity index (χ4v) is 13.7. The summed E-state index contributed by atoms with van der Waals surface area (Å²) in [5.41, 5.74) is 3.90. The summed E-state index contributed by atoms with van der Waals surface area (Å²) in [6, 6.07) is 14.5. The third-order valence-electron chi connectivity index (χ3n) is 26.1. The van der Waals surface area contributed by atoms with Crippen LogP contribution in [0.5, 0.6) is 5.75 Å². The lowest BCUT2D eigenvalue weighted by atomic mass is 9.58. The number of hydrogen-bond donors (Lipinski definition) is 0. The van der Waals surface area contributed by atoms with Gasteiger partial charge in [-0.3, -0.25) is 24.0 Å². The van der Waals surface area contributed by atoms with Gasteiger partial charge in [-0.1, -0.05) is 244 Å². The van der Waals surface area contributed by atoms with Gasteiger partial charge < -0.3 is 23.7 Å². The summed E-state index contributed by atoms with van der Waals surface area (Å²) in [5.74, 6) is 5.96. The Morgan fingerprint density at radius 2 is 0.689 bits per heavy atom. The molecule has 0 heterocycles. The number of rotatable bonds is 21. The Balaban J connectivity index is 0.000000664. The molecule has 0 saturated heterocycles. The lowest BCUT2D eigenvalue weighted by Crippen LogP contribution is -2.48. The van der Waals surface area contributed by atoms with Gasteiger partial charge in [-0.05, 0) is 279 Å². The van der Waals surface area contributed by atoms with Crippen LogP contribution >= 0.6 is 0 Å². The minimum absolute atomic E-state index is 0.0109. The van der Waals surface area contributed by atoms with Crippen molar-refractivity contribution < 1.29 is 47.7 Å². The molecule has 0 bridgehead atoms. The maximum Gasteiger partial charge on any atom is 0.316 e. The van der Waals surface area contributed by atoms with Crippen LogP contribution in [0.1, 0.15) is 389 Å². The second-order valence-corrected chi connectivity index (χ2v) is 43.0. The van der Waals surface area contributed by atoms with E-state index in [0.29, 0.717) is 81.9 Å². The molecule has 0 amide bonds. The molecule has 4 atom stereocenters. The lowest BCUT2D eigenvalue weighted by molar-refractivity contribution is -0.175. The van der Waals surface area contributed by atoms with Gasteiger partial charge in [0.15, 0.2) is 0 Å². The van der Waals surface area contributed by atoms with Gasteiger partial charge in [-0.25, -0.2) is 0 Å². The highest BCUT2D eigenvalue weighted by Gasteiger charge is 2.48. The first-order valence-corrected chi connectivity index (χ1v) is 42.1. The molecule has 10 heteroatoms. The van der Waals surface area contributed by atoms with E-state index < -0.39 is 10.8 Å². The number of esters is 5. The Morgan fingerprint density at radius 3 is 1.00 bits per heavy atom. The third kappa shape index (κ3) is 30.5. The van der Waals surface area contributed by atoms with Gasteiger partial charge >= 0.3 is 29.8 Å². The molecule has 3 aliphatic rings. The van der Waals surface area contributed by atoms with Crippen molar-refractivity contribution in [2.24, 2.45) is 102 Å². The van der Waals surface area contributed by atoms with Crippen molar-refractivity contribution in [3.8, 4) is 5.75 Å². The molecule has 3 saturated carbocycles. The molecule has 0 aromatic heterocycles. The van der Waals surface area contributed by atoms with Crippen molar-refractivity contribution in [3.05, 3.63) is 64.7 Å². The molecule has 0 spiro atoms. The molecule has 0 aliphatic heterocycles. The van der Waals surface area contributed by atoms with Crippen molar-refractivity contribution >= 4 is 29.8 Å². The van der Waals surface area contributed by atoms with Crippen LogP contribution in [0, 0.1) is 102 Å². The van der Waals surface area contributed by atoms with E-state index in [2.05, 4.69) is 205 Å². The maximum atomic E-state index is 12.8. The molecule has 2 aromatic carbocycles. The predicted octanol–water partition coefficient (Wildman–Crippen LogP) is 27.1. The van der Waals surface area contributed by atoms with E-state index in [0.717, 1.165) is 56.4 Å². The summed E-state index contributed by atoms with van der Waals surface area (Å²) in [5, 5.41) is 0. The number of ether oxygens (including phenoxy) is 5. The second kappa shape index (κ2) is 40.3. The molecule has 10 nitrogen and oxygen atoms in total. The smallest absolute Gasteiger partial charge is 0.316 e. The van der Waals surface area contributed by atoms with E-state index in [9.17, 15) is 24.0 Å². The second-order valence-electron chi connectivity index (χ2n) is 43.0. The van der Waals surface area contributed by atoms with E-state index in [1.165, 1.54) is 61.6 Å². The molecule has 3 fully saturated rings. The van der Waals surface area contributed by atoms with Crippen molar-refractivity contribution in [1.29, 1.82) is 0 Å². The Morgan fingerprint density at radius 1 is 0.368 bits per heavy atom. The van der Waals surface area contributed by atoms with Crippen LogP contribution in [0.4, 0.5) is 0 Å². The number of benzene rings is 2. The first-order chi connectivity index (χ1) is 47.9. The fourth-order valence-electron chi connectivity index (χ4n) is 13.7. The topological polar surface area (TPSA) is 132 Å².